The summed E-state index contributed by atoms with van der Waals surface area (Å²) < 4.78 is 5.91. The van der Waals surface area contributed by atoms with Crippen molar-refractivity contribution in [1.29, 1.82) is 0 Å². The molecule has 6 heteroatoms. The largest absolute Gasteiger partial charge is 0.492 e. The first kappa shape index (κ1) is 31.4. The number of carbonyl (C=O) groups is 1. The molecule has 1 heterocycles. The number of halogens is 1. The Morgan fingerprint density at radius 2 is 1.51 bits per heavy atom. The molecule has 0 atom stereocenters. The summed E-state index contributed by atoms with van der Waals surface area (Å²) >= 11 is 8.32. The van der Waals surface area contributed by atoms with Crippen molar-refractivity contribution in [3.63, 3.8) is 0 Å². The second-order valence-corrected chi connectivity index (χ2v) is 12.3. The quantitative estimate of drug-likeness (QED) is 0.171. The predicted octanol–water partition coefficient (Wildman–Crippen LogP) is 9.97. The Morgan fingerprint density at radius 1 is 0.897 bits per heavy atom. The fraction of sp³-hybridized carbons (Fsp3) is 0.545. The van der Waals surface area contributed by atoms with Gasteiger partial charge >= 0.3 is 0 Å². The molecule has 2 aromatic carbocycles. The molecule has 0 saturated heterocycles. The summed E-state index contributed by atoms with van der Waals surface area (Å²) in [4.78, 5) is 16.2. The number of hydrogen-bond acceptors (Lipinski definition) is 4. The van der Waals surface area contributed by atoms with E-state index in [4.69, 9.17) is 16.3 Å². The maximum absolute atomic E-state index is 12.6. The van der Waals surface area contributed by atoms with Gasteiger partial charge in [-0.1, -0.05) is 107 Å². The van der Waals surface area contributed by atoms with Gasteiger partial charge < -0.3 is 15.0 Å². The van der Waals surface area contributed by atoms with Crippen LogP contribution in [-0.4, -0.2) is 23.3 Å². The van der Waals surface area contributed by atoms with Gasteiger partial charge in [-0.3, -0.25) is 4.79 Å². The van der Waals surface area contributed by atoms with Crippen LogP contribution < -0.4 is 10.1 Å². The number of benzene rings is 2. The van der Waals surface area contributed by atoms with Crippen molar-refractivity contribution in [2.75, 3.05) is 17.8 Å². The van der Waals surface area contributed by atoms with E-state index in [0.29, 0.717) is 17.4 Å². The Bertz CT molecular complexity index is 1020. The van der Waals surface area contributed by atoms with Crippen LogP contribution in [0.2, 0.25) is 5.02 Å². The molecule has 1 N–H and O–H groups in total. The van der Waals surface area contributed by atoms with Crippen LogP contribution in [0.15, 0.2) is 53.6 Å². The molecule has 214 valence electrons. The lowest BCUT2D eigenvalue weighted by atomic mass is 10.1. The topological polar surface area (TPSA) is 41.6 Å². The van der Waals surface area contributed by atoms with E-state index < -0.39 is 0 Å². The Labute approximate surface area is 245 Å². The van der Waals surface area contributed by atoms with E-state index in [9.17, 15) is 4.79 Å². The zero-order valence-corrected chi connectivity index (χ0v) is 25.6. The van der Waals surface area contributed by atoms with Crippen LogP contribution in [0.25, 0.3) is 0 Å². The monoisotopic (exact) mass is 570 g/mol. The van der Waals surface area contributed by atoms with Gasteiger partial charge in [0.2, 0.25) is 5.91 Å². The second kappa shape index (κ2) is 18.3. The standard InChI is InChI=1S/C33H47ClN2O2S/c1-3-4-5-6-7-8-9-10-11-12-13-14-21-38-32-20-17-29(22-31(32)34)23-33(37)35-30-18-15-28(16-19-30)25-36-24-27(2)39-26-36/h15-20,22,24H,3-14,21,23,25-26H2,1-2H3,(H,35,37). The fourth-order valence-corrected chi connectivity index (χ4v) is 5.84. The summed E-state index contributed by atoms with van der Waals surface area (Å²) in [6.45, 7) is 5.97. The summed E-state index contributed by atoms with van der Waals surface area (Å²) in [5.74, 6) is 1.63. The maximum atomic E-state index is 12.6. The van der Waals surface area contributed by atoms with E-state index in [0.717, 1.165) is 30.1 Å². The Kier molecular flexibility index (Phi) is 14.7. The number of unbranched alkanes of at least 4 members (excludes halogenated alkanes) is 11. The lowest BCUT2D eigenvalue weighted by molar-refractivity contribution is -0.115. The molecule has 0 radical (unpaired) electrons. The van der Waals surface area contributed by atoms with Crippen LogP contribution in [0.3, 0.4) is 0 Å². The van der Waals surface area contributed by atoms with Crippen LogP contribution in [0.1, 0.15) is 102 Å². The molecule has 0 saturated carbocycles. The number of nitrogens with one attached hydrogen (secondary N) is 1. The van der Waals surface area contributed by atoms with E-state index in [1.54, 1.807) is 0 Å². The van der Waals surface area contributed by atoms with Crippen molar-refractivity contribution < 1.29 is 9.53 Å². The molecule has 2 aromatic rings. The normalized spacial score (nSPS) is 13.0. The summed E-state index contributed by atoms with van der Waals surface area (Å²) in [5, 5.41) is 3.55. The molecule has 0 spiro atoms. The van der Waals surface area contributed by atoms with Crippen molar-refractivity contribution in [2.24, 2.45) is 0 Å². The maximum Gasteiger partial charge on any atom is 0.228 e. The van der Waals surface area contributed by atoms with Gasteiger partial charge in [-0.05, 0) is 53.6 Å². The highest BCUT2D eigenvalue weighted by molar-refractivity contribution is 8.03. The molecule has 1 aliphatic heterocycles. The predicted molar refractivity (Wildman–Crippen MR) is 169 cm³/mol. The third-order valence-corrected chi connectivity index (χ3v) is 8.38. The summed E-state index contributed by atoms with van der Waals surface area (Å²) in [6, 6.07) is 13.7. The van der Waals surface area contributed by atoms with Crippen molar-refractivity contribution in [1.82, 2.24) is 4.90 Å². The molecule has 0 unspecified atom stereocenters. The van der Waals surface area contributed by atoms with Crippen molar-refractivity contribution in [3.8, 4) is 5.75 Å². The fourth-order valence-electron chi connectivity index (χ4n) is 4.82. The zero-order valence-electron chi connectivity index (χ0n) is 24.0. The van der Waals surface area contributed by atoms with E-state index in [1.807, 2.05) is 42.1 Å². The van der Waals surface area contributed by atoms with Crippen molar-refractivity contribution >= 4 is 35.0 Å². The Hall–Kier alpha value is -2.11. The van der Waals surface area contributed by atoms with E-state index in [2.05, 4.69) is 42.4 Å². The number of nitrogens with zero attached hydrogens (tertiary/aromatic N) is 1. The average Bonchev–Trinajstić information content (AvgIpc) is 3.33. The van der Waals surface area contributed by atoms with Gasteiger partial charge in [-0.25, -0.2) is 0 Å². The minimum Gasteiger partial charge on any atom is -0.492 e. The number of rotatable bonds is 19. The molecule has 0 aliphatic carbocycles. The smallest absolute Gasteiger partial charge is 0.228 e. The van der Waals surface area contributed by atoms with Gasteiger partial charge in [-0.15, -0.1) is 11.8 Å². The summed E-state index contributed by atoms with van der Waals surface area (Å²) in [7, 11) is 0. The van der Waals surface area contributed by atoms with Crippen molar-refractivity contribution in [3.05, 3.63) is 69.7 Å². The highest BCUT2D eigenvalue weighted by atomic mass is 35.5. The van der Waals surface area contributed by atoms with Crippen LogP contribution in [0.5, 0.6) is 5.75 Å². The summed E-state index contributed by atoms with van der Waals surface area (Å²) in [5.41, 5.74) is 2.91. The SMILES string of the molecule is CCCCCCCCCCCCCCOc1ccc(CC(=O)Nc2ccc(CN3C=C(C)SC3)cc2)cc1Cl. The molecule has 1 amide bonds. The number of amides is 1. The highest BCUT2D eigenvalue weighted by Crippen LogP contribution is 2.27. The van der Waals surface area contributed by atoms with Gasteiger partial charge in [0.25, 0.3) is 0 Å². The van der Waals surface area contributed by atoms with Gasteiger partial charge in [-0.2, -0.15) is 0 Å². The van der Waals surface area contributed by atoms with Gasteiger partial charge in [0, 0.05) is 18.4 Å². The van der Waals surface area contributed by atoms with Gasteiger partial charge in [0.15, 0.2) is 0 Å². The third kappa shape index (κ3) is 12.7. The number of hydrogen-bond donors (Lipinski definition) is 1. The number of allylic oxidation sites excluding steroid dienone is 1. The van der Waals surface area contributed by atoms with Crippen LogP contribution in [-0.2, 0) is 17.8 Å². The molecule has 39 heavy (non-hydrogen) atoms. The van der Waals surface area contributed by atoms with Gasteiger partial charge in [0.05, 0.1) is 23.9 Å². The summed E-state index contributed by atoms with van der Waals surface area (Å²) in [6.07, 6.45) is 18.4. The Balaban J connectivity index is 1.27. The second-order valence-electron chi connectivity index (χ2n) is 10.7. The molecule has 0 aromatic heterocycles. The van der Waals surface area contributed by atoms with Crippen LogP contribution in [0.4, 0.5) is 5.69 Å². The first-order valence-corrected chi connectivity index (χ1v) is 16.2. The van der Waals surface area contributed by atoms with Crippen LogP contribution in [0, 0.1) is 0 Å². The highest BCUT2D eigenvalue weighted by Gasteiger charge is 2.11. The van der Waals surface area contributed by atoms with Crippen LogP contribution >= 0.6 is 23.4 Å². The average molecular weight is 571 g/mol. The molecular weight excluding hydrogens is 524 g/mol. The molecule has 4 nitrogen and oxygen atoms in total. The lowest BCUT2D eigenvalue weighted by Crippen LogP contribution is -2.15. The van der Waals surface area contributed by atoms with E-state index in [-0.39, 0.29) is 12.3 Å². The number of anilines is 1. The molecule has 0 bridgehead atoms. The first-order chi connectivity index (χ1) is 19.0. The number of ether oxygens (including phenoxy) is 1. The number of thioether (sulfide) groups is 1. The lowest BCUT2D eigenvalue weighted by Gasteiger charge is -2.15. The first-order valence-electron chi connectivity index (χ1n) is 14.9. The Morgan fingerprint density at radius 3 is 2.10 bits per heavy atom. The minimum absolute atomic E-state index is 0.0570. The third-order valence-electron chi connectivity index (χ3n) is 7.06. The van der Waals surface area contributed by atoms with Crippen molar-refractivity contribution in [2.45, 2.75) is 104 Å². The number of carbonyl (C=O) groups excluding carboxylic acids is 1. The molecule has 3 rings (SSSR count). The van der Waals surface area contributed by atoms with Gasteiger partial charge in [0.1, 0.15) is 5.75 Å². The minimum atomic E-state index is -0.0570. The molecule has 0 fully saturated rings. The zero-order chi connectivity index (χ0) is 27.7. The van der Waals surface area contributed by atoms with E-state index >= 15 is 0 Å². The van der Waals surface area contributed by atoms with E-state index in [1.165, 1.54) is 81.1 Å². The molecule has 1 aliphatic rings. The molecular formula is C33H47ClN2O2S.